The van der Waals surface area contributed by atoms with Crippen molar-refractivity contribution >= 4 is 0 Å². The molecule has 0 aliphatic rings. The quantitative estimate of drug-likeness (QED) is 0.791. The van der Waals surface area contributed by atoms with Crippen LogP contribution in [-0.2, 0) is 6.42 Å². The highest BCUT2D eigenvalue weighted by Gasteiger charge is 2.07. The van der Waals surface area contributed by atoms with Crippen LogP contribution in [-0.4, -0.2) is 24.3 Å². The van der Waals surface area contributed by atoms with Gasteiger partial charge in [-0.3, -0.25) is 0 Å². The first-order valence-electron chi connectivity index (χ1n) is 7.46. The number of rotatable bonds is 2. The van der Waals surface area contributed by atoms with E-state index in [1.54, 1.807) is 0 Å². The summed E-state index contributed by atoms with van der Waals surface area (Å²) in [6.07, 6.45) is 0.809. The molecular weight excluding hydrogens is 274 g/mol. The van der Waals surface area contributed by atoms with Gasteiger partial charge in [0.25, 0.3) is 0 Å². The Morgan fingerprint density at radius 2 is 0.909 bits per heavy atom. The second-order valence-electron chi connectivity index (χ2n) is 5.83. The monoisotopic (exact) mass is 301 g/mol. The molecule has 120 valence electrons. The van der Waals surface area contributed by atoms with Crippen molar-refractivity contribution in [3.8, 4) is 11.5 Å². The lowest BCUT2D eigenvalue weighted by Gasteiger charge is -2.10. The molecule has 0 fully saturated rings. The molecule has 0 saturated heterocycles. The zero-order valence-electron chi connectivity index (χ0n) is 14.4. The van der Waals surface area contributed by atoms with Crippen molar-refractivity contribution in [1.29, 1.82) is 0 Å². The van der Waals surface area contributed by atoms with Crippen molar-refractivity contribution in [3.05, 3.63) is 57.6 Å². The normalized spacial score (nSPS) is 10.1. The average molecular weight is 301 g/mol. The lowest BCUT2D eigenvalue weighted by molar-refractivity contribution is 0.466. The molecule has 3 nitrogen and oxygen atoms in total. The van der Waals surface area contributed by atoms with Crippen molar-refractivity contribution in [2.75, 3.05) is 14.1 Å². The Morgan fingerprint density at radius 3 is 1.14 bits per heavy atom. The highest BCUT2D eigenvalue weighted by molar-refractivity contribution is 5.46. The Balaban J connectivity index is 0.000000745. The van der Waals surface area contributed by atoms with Crippen molar-refractivity contribution in [3.63, 3.8) is 0 Å². The summed E-state index contributed by atoms with van der Waals surface area (Å²) in [5.41, 5.74) is 5.98. The summed E-state index contributed by atoms with van der Waals surface area (Å²) < 4.78 is 0. The molecule has 0 atom stereocenters. The lowest BCUT2D eigenvalue weighted by Crippen LogP contribution is -1.93. The number of aromatic hydroxyl groups is 2. The first-order valence-corrected chi connectivity index (χ1v) is 7.46. The van der Waals surface area contributed by atoms with E-state index in [-0.39, 0.29) is 0 Å². The van der Waals surface area contributed by atoms with Gasteiger partial charge in [-0.05, 0) is 81.6 Å². The molecule has 0 aliphatic carbocycles. The van der Waals surface area contributed by atoms with Gasteiger partial charge in [0, 0.05) is 0 Å². The van der Waals surface area contributed by atoms with E-state index in [2.05, 4.69) is 5.32 Å². The molecule has 2 aromatic carbocycles. The molecule has 22 heavy (non-hydrogen) atoms. The van der Waals surface area contributed by atoms with E-state index in [1.807, 2.05) is 66.1 Å². The van der Waals surface area contributed by atoms with Crippen LogP contribution in [0, 0.1) is 27.7 Å². The molecular formula is C19H27NO2. The first kappa shape index (κ1) is 18.1. The number of phenols is 2. The van der Waals surface area contributed by atoms with Crippen LogP contribution < -0.4 is 5.32 Å². The van der Waals surface area contributed by atoms with Crippen LogP contribution in [0.25, 0.3) is 0 Å². The number of aryl methyl sites for hydroxylation is 4. The molecule has 0 saturated carbocycles. The Hall–Kier alpha value is -2.00. The van der Waals surface area contributed by atoms with Crippen LogP contribution in [0.5, 0.6) is 11.5 Å². The van der Waals surface area contributed by atoms with E-state index in [4.69, 9.17) is 0 Å². The molecule has 2 rings (SSSR count). The number of phenolic OH excluding ortho intramolecular Hbond substituents is 2. The maximum atomic E-state index is 9.79. The molecule has 0 unspecified atom stereocenters. The van der Waals surface area contributed by atoms with Crippen LogP contribution in [0.2, 0.25) is 0 Å². The maximum Gasteiger partial charge on any atom is 0.121 e. The molecule has 0 aromatic heterocycles. The largest absolute Gasteiger partial charge is 0.507 e. The Labute approximate surface area is 133 Å². The van der Waals surface area contributed by atoms with Gasteiger partial charge in [-0.15, -0.1) is 0 Å². The van der Waals surface area contributed by atoms with Gasteiger partial charge in [0.05, 0.1) is 0 Å². The summed E-state index contributed by atoms with van der Waals surface area (Å²) in [4.78, 5) is 0. The zero-order chi connectivity index (χ0) is 16.9. The highest BCUT2D eigenvalue weighted by atomic mass is 16.3. The van der Waals surface area contributed by atoms with E-state index < -0.39 is 0 Å². The van der Waals surface area contributed by atoms with Crippen molar-refractivity contribution < 1.29 is 10.2 Å². The van der Waals surface area contributed by atoms with Gasteiger partial charge < -0.3 is 15.5 Å². The summed E-state index contributed by atoms with van der Waals surface area (Å²) in [6.45, 7) is 7.66. The molecule has 3 heteroatoms. The third-order valence-electron chi connectivity index (χ3n) is 3.51. The van der Waals surface area contributed by atoms with Gasteiger partial charge in [-0.1, -0.05) is 24.3 Å². The topological polar surface area (TPSA) is 52.5 Å². The van der Waals surface area contributed by atoms with Gasteiger partial charge in [0.15, 0.2) is 0 Å². The van der Waals surface area contributed by atoms with E-state index in [9.17, 15) is 10.2 Å². The summed E-state index contributed by atoms with van der Waals surface area (Å²) in [5.74, 6) is 0.753. The smallest absolute Gasteiger partial charge is 0.121 e. The fourth-order valence-electron chi connectivity index (χ4n) is 2.53. The number of nitrogens with one attached hydrogen (secondary N) is 1. The molecule has 0 spiro atoms. The maximum absolute atomic E-state index is 9.79. The second-order valence-corrected chi connectivity index (χ2v) is 5.83. The third-order valence-corrected chi connectivity index (χ3v) is 3.51. The molecule has 0 heterocycles. The van der Waals surface area contributed by atoms with Crippen LogP contribution in [0.15, 0.2) is 24.3 Å². The van der Waals surface area contributed by atoms with E-state index in [0.29, 0.717) is 11.5 Å². The van der Waals surface area contributed by atoms with Crippen molar-refractivity contribution in [2.24, 2.45) is 0 Å². The lowest BCUT2D eigenvalue weighted by atomic mass is 9.97. The Kier molecular flexibility index (Phi) is 6.44. The summed E-state index contributed by atoms with van der Waals surface area (Å²) in [6, 6.07) is 8.05. The minimum atomic E-state index is 0.377. The molecule has 0 bridgehead atoms. The first-order chi connectivity index (χ1) is 10.3. The summed E-state index contributed by atoms with van der Waals surface area (Å²) in [5, 5.41) is 22.3. The van der Waals surface area contributed by atoms with Gasteiger partial charge >= 0.3 is 0 Å². The van der Waals surface area contributed by atoms with E-state index >= 15 is 0 Å². The van der Waals surface area contributed by atoms with E-state index in [0.717, 1.165) is 28.7 Å². The second kappa shape index (κ2) is 7.85. The third kappa shape index (κ3) is 4.50. The van der Waals surface area contributed by atoms with Gasteiger partial charge in [-0.2, -0.15) is 0 Å². The zero-order valence-corrected chi connectivity index (χ0v) is 14.4. The van der Waals surface area contributed by atoms with E-state index in [1.165, 1.54) is 11.1 Å². The highest BCUT2D eigenvalue weighted by Crippen LogP contribution is 2.27. The van der Waals surface area contributed by atoms with Crippen LogP contribution in [0.4, 0.5) is 0 Å². The molecule has 3 N–H and O–H groups in total. The minimum Gasteiger partial charge on any atom is -0.507 e. The van der Waals surface area contributed by atoms with Gasteiger partial charge in [0.1, 0.15) is 11.5 Å². The fourth-order valence-corrected chi connectivity index (χ4v) is 2.53. The summed E-state index contributed by atoms with van der Waals surface area (Å²) >= 11 is 0. The molecule has 0 aliphatic heterocycles. The predicted molar refractivity (Wildman–Crippen MR) is 93.0 cm³/mol. The SMILES string of the molecule is CNC.Cc1cc(Cc2cc(C)c(O)c(C)c2)cc(C)c1O. The van der Waals surface area contributed by atoms with Crippen LogP contribution >= 0.6 is 0 Å². The minimum absolute atomic E-state index is 0.377. The van der Waals surface area contributed by atoms with Crippen LogP contribution in [0.1, 0.15) is 33.4 Å². The van der Waals surface area contributed by atoms with Crippen molar-refractivity contribution in [1.82, 2.24) is 5.32 Å². The van der Waals surface area contributed by atoms with Gasteiger partial charge in [0.2, 0.25) is 0 Å². The molecule has 0 radical (unpaired) electrons. The van der Waals surface area contributed by atoms with Crippen molar-refractivity contribution in [2.45, 2.75) is 34.1 Å². The average Bonchev–Trinajstić information content (AvgIpc) is 2.43. The predicted octanol–water partition coefficient (Wildman–Crippen LogP) is 3.76. The molecule has 2 aromatic rings. The standard InChI is InChI=1S/C17H20O2.C2H7N/c1-10-5-14(6-11(2)16(10)18)9-15-7-12(3)17(19)13(4)8-15;1-3-2/h5-8,18-19H,9H2,1-4H3;3H,1-2H3. The number of hydrogen-bond acceptors (Lipinski definition) is 3. The number of hydrogen-bond donors (Lipinski definition) is 3. The Bertz CT molecular complexity index is 546. The fraction of sp³-hybridized carbons (Fsp3) is 0.368. The summed E-state index contributed by atoms with van der Waals surface area (Å²) in [7, 11) is 3.75. The van der Waals surface area contributed by atoms with Crippen LogP contribution in [0.3, 0.4) is 0 Å². The van der Waals surface area contributed by atoms with Gasteiger partial charge in [-0.25, -0.2) is 0 Å². The number of benzene rings is 2. The Morgan fingerprint density at radius 1 is 0.682 bits per heavy atom. The molecule has 0 amide bonds.